The van der Waals surface area contributed by atoms with Gasteiger partial charge in [-0.15, -0.1) is 0 Å². The topological polar surface area (TPSA) is 152 Å². The standard InChI is InChI=1S/C24H30N6O6/c1-13-25-20-15(22(34)30(13)17-8-9-18(31)28-21(17)33)6-5-7-16(20)27-19(32)12-29-10-14(11-29)26-23(35)36-24(2,3)4/h5-7,14,17H,8-12H2,1-4H3,(H,26,35)(H,27,32)(H,28,31,33). The van der Waals surface area contributed by atoms with Gasteiger partial charge in [-0.25, -0.2) is 9.78 Å². The molecule has 1 aromatic carbocycles. The SMILES string of the molecule is Cc1nc2c(NC(=O)CN3CC(NC(=O)OC(C)(C)C)C3)cccc2c(=O)n1C1CCC(=O)NC1=O. The quantitative estimate of drug-likeness (QED) is 0.513. The van der Waals surface area contributed by atoms with Gasteiger partial charge < -0.3 is 15.4 Å². The number of ether oxygens (including phenoxy) is 1. The van der Waals surface area contributed by atoms with Gasteiger partial charge >= 0.3 is 6.09 Å². The van der Waals surface area contributed by atoms with Crippen LogP contribution in [0.3, 0.4) is 0 Å². The molecule has 0 bridgehead atoms. The molecule has 0 saturated carbocycles. The molecule has 4 amide bonds. The number of hydrogen-bond donors (Lipinski definition) is 3. The van der Waals surface area contributed by atoms with Crippen LogP contribution in [0.2, 0.25) is 0 Å². The third kappa shape index (κ3) is 5.54. The van der Waals surface area contributed by atoms with Crippen molar-refractivity contribution in [1.82, 2.24) is 25.1 Å². The van der Waals surface area contributed by atoms with Crippen molar-refractivity contribution < 1.29 is 23.9 Å². The first-order valence-corrected chi connectivity index (χ1v) is 11.8. The molecule has 0 radical (unpaired) electrons. The Morgan fingerprint density at radius 3 is 2.58 bits per heavy atom. The number of aromatic nitrogens is 2. The number of carbonyl (C=O) groups excluding carboxylic acids is 4. The lowest BCUT2D eigenvalue weighted by Crippen LogP contribution is -2.61. The Morgan fingerprint density at radius 2 is 1.92 bits per heavy atom. The molecule has 0 aliphatic carbocycles. The van der Waals surface area contributed by atoms with Crippen LogP contribution in [-0.4, -0.2) is 69.5 Å². The summed E-state index contributed by atoms with van der Waals surface area (Å²) in [5.41, 5.74) is -0.285. The summed E-state index contributed by atoms with van der Waals surface area (Å²) in [5.74, 6) is -0.875. The fourth-order valence-corrected chi connectivity index (χ4v) is 4.38. The minimum atomic E-state index is -0.820. The van der Waals surface area contributed by atoms with Crippen molar-refractivity contribution in [3.63, 3.8) is 0 Å². The Balaban J connectivity index is 1.42. The highest BCUT2D eigenvalue weighted by atomic mass is 16.6. The van der Waals surface area contributed by atoms with E-state index in [9.17, 15) is 24.0 Å². The Bertz CT molecular complexity index is 1290. The second-order valence-corrected chi connectivity index (χ2v) is 10.1. The molecule has 2 aromatic rings. The summed E-state index contributed by atoms with van der Waals surface area (Å²) in [6, 6.07) is 3.96. The number of likely N-dealkylation sites (tertiary alicyclic amines) is 1. The predicted octanol–water partition coefficient (Wildman–Crippen LogP) is 0.830. The van der Waals surface area contributed by atoms with E-state index in [1.807, 2.05) is 4.90 Å². The number of carbonyl (C=O) groups is 4. The number of para-hydroxylation sites is 1. The van der Waals surface area contributed by atoms with Crippen molar-refractivity contribution in [2.24, 2.45) is 0 Å². The van der Waals surface area contributed by atoms with E-state index in [0.717, 1.165) is 0 Å². The van der Waals surface area contributed by atoms with Gasteiger partial charge in [0.1, 0.15) is 23.0 Å². The largest absolute Gasteiger partial charge is 0.444 e. The third-order valence-corrected chi connectivity index (χ3v) is 5.95. The molecule has 2 saturated heterocycles. The lowest BCUT2D eigenvalue weighted by molar-refractivity contribution is -0.135. The number of benzene rings is 1. The maximum Gasteiger partial charge on any atom is 0.407 e. The molecule has 1 atom stereocenters. The van der Waals surface area contributed by atoms with E-state index >= 15 is 0 Å². The monoisotopic (exact) mass is 498 g/mol. The number of anilines is 1. The summed E-state index contributed by atoms with van der Waals surface area (Å²) in [6.45, 7) is 8.11. The second-order valence-electron chi connectivity index (χ2n) is 10.1. The average molecular weight is 499 g/mol. The first-order chi connectivity index (χ1) is 16.9. The van der Waals surface area contributed by atoms with E-state index in [4.69, 9.17) is 4.74 Å². The Labute approximate surface area is 207 Å². The number of rotatable bonds is 5. The van der Waals surface area contributed by atoms with Crippen LogP contribution >= 0.6 is 0 Å². The fraction of sp³-hybridized carbons (Fsp3) is 0.500. The molecule has 1 unspecified atom stereocenters. The number of hydrogen-bond acceptors (Lipinski definition) is 8. The lowest BCUT2D eigenvalue weighted by Gasteiger charge is -2.39. The molecule has 0 spiro atoms. The summed E-state index contributed by atoms with van der Waals surface area (Å²) >= 11 is 0. The van der Waals surface area contributed by atoms with E-state index in [0.29, 0.717) is 30.1 Å². The van der Waals surface area contributed by atoms with Crippen LogP contribution in [0.15, 0.2) is 23.0 Å². The van der Waals surface area contributed by atoms with Crippen LogP contribution < -0.4 is 21.5 Å². The number of amides is 4. The molecule has 2 aliphatic rings. The number of imide groups is 1. The van der Waals surface area contributed by atoms with Gasteiger partial charge in [0.25, 0.3) is 5.56 Å². The summed E-state index contributed by atoms with van der Waals surface area (Å²) in [4.78, 5) is 68.0. The molecule has 2 fully saturated rings. The molecule has 4 rings (SSSR count). The molecular weight excluding hydrogens is 468 g/mol. The maximum absolute atomic E-state index is 13.3. The smallest absolute Gasteiger partial charge is 0.407 e. The van der Waals surface area contributed by atoms with Gasteiger partial charge in [0.2, 0.25) is 17.7 Å². The molecule has 192 valence electrons. The molecular formula is C24H30N6O6. The summed E-state index contributed by atoms with van der Waals surface area (Å²) in [5, 5.41) is 8.10. The van der Waals surface area contributed by atoms with Crippen molar-refractivity contribution in [3.05, 3.63) is 34.4 Å². The van der Waals surface area contributed by atoms with Gasteiger partial charge in [0.05, 0.1) is 23.7 Å². The summed E-state index contributed by atoms with van der Waals surface area (Å²) < 4.78 is 6.54. The molecule has 1 aromatic heterocycles. The average Bonchev–Trinajstić information content (AvgIpc) is 2.73. The number of nitrogens with one attached hydrogen (secondary N) is 3. The van der Waals surface area contributed by atoms with Gasteiger partial charge in [-0.3, -0.25) is 34.0 Å². The highest BCUT2D eigenvalue weighted by Crippen LogP contribution is 2.23. The summed E-state index contributed by atoms with van der Waals surface area (Å²) in [7, 11) is 0. The van der Waals surface area contributed by atoms with Gasteiger partial charge in [-0.1, -0.05) is 6.07 Å². The van der Waals surface area contributed by atoms with Crippen molar-refractivity contribution in [2.45, 2.75) is 58.2 Å². The van der Waals surface area contributed by atoms with Crippen LogP contribution in [-0.2, 0) is 19.1 Å². The van der Waals surface area contributed by atoms with Crippen molar-refractivity contribution in [2.75, 3.05) is 25.0 Å². The number of alkyl carbamates (subject to hydrolysis) is 1. The maximum atomic E-state index is 13.3. The minimum absolute atomic E-state index is 0.0970. The molecule has 3 N–H and O–H groups in total. The number of nitrogens with zero attached hydrogens (tertiary/aromatic N) is 3. The predicted molar refractivity (Wildman–Crippen MR) is 130 cm³/mol. The van der Waals surface area contributed by atoms with Gasteiger partial charge in [-0.05, 0) is 46.2 Å². The highest BCUT2D eigenvalue weighted by molar-refractivity contribution is 6.01. The van der Waals surface area contributed by atoms with E-state index in [1.165, 1.54) is 4.57 Å². The van der Waals surface area contributed by atoms with Crippen LogP contribution in [0.1, 0.15) is 45.5 Å². The van der Waals surface area contributed by atoms with E-state index in [1.54, 1.807) is 45.9 Å². The van der Waals surface area contributed by atoms with Gasteiger partial charge in [0.15, 0.2) is 0 Å². The van der Waals surface area contributed by atoms with Crippen LogP contribution in [0, 0.1) is 6.92 Å². The molecule has 3 heterocycles. The van der Waals surface area contributed by atoms with E-state index < -0.39 is 29.2 Å². The number of aryl methyl sites for hydroxylation is 1. The van der Waals surface area contributed by atoms with Crippen LogP contribution in [0.5, 0.6) is 0 Å². The number of piperidine rings is 1. The first kappa shape index (κ1) is 25.3. The van der Waals surface area contributed by atoms with Crippen molar-refractivity contribution in [3.8, 4) is 0 Å². The van der Waals surface area contributed by atoms with Crippen LogP contribution in [0.4, 0.5) is 10.5 Å². The zero-order valence-corrected chi connectivity index (χ0v) is 20.7. The normalized spacial score (nSPS) is 18.9. The Kier molecular flexibility index (Phi) is 6.81. The molecule has 12 heteroatoms. The lowest BCUT2D eigenvalue weighted by atomic mass is 10.1. The highest BCUT2D eigenvalue weighted by Gasteiger charge is 2.32. The van der Waals surface area contributed by atoms with Gasteiger partial charge in [-0.2, -0.15) is 0 Å². The third-order valence-electron chi connectivity index (χ3n) is 5.95. The molecule has 12 nitrogen and oxygen atoms in total. The zero-order valence-electron chi connectivity index (χ0n) is 20.7. The Morgan fingerprint density at radius 1 is 1.19 bits per heavy atom. The minimum Gasteiger partial charge on any atom is -0.444 e. The van der Waals surface area contributed by atoms with Crippen molar-refractivity contribution >= 4 is 40.4 Å². The second kappa shape index (κ2) is 9.69. The first-order valence-electron chi connectivity index (χ1n) is 11.8. The van der Waals surface area contributed by atoms with E-state index in [2.05, 4.69) is 20.9 Å². The zero-order chi connectivity index (χ0) is 26.2. The Hall–Kier alpha value is -3.80. The summed E-state index contributed by atoms with van der Waals surface area (Å²) in [6.07, 6.45) is -0.132. The fourth-order valence-electron chi connectivity index (χ4n) is 4.38. The number of fused-ring (bicyclic) bond motifs is 1. The van der Waals surface area contributed by atoms with Crippen molar-refractivity contribution in [1.29, 1.82) is 0 Å². The molecule has 36 heavy (non-hydrogen) atoms. The van der Waals surface area contributed by atoms with E-state index in [-0.39, 0.29) is 42.6 Å². The van der Waals surface area contributed by atoms with Crippen LogP contribution in [0.25, 0.3) is 10.9 Å². The molecule has 2 aliphatic heterocycles. The van der Waals surface area contributed by atoms with Gasteiger partial charge in [0, 0.05) is 19.5 Å².